The van der Waals surface area contributed by atoms with Crippen LogP contribution in [0.1, 0.15) is 59.8 Å². The van der Waals surface area contributed by atoms with E-state index >= 15 is 0 Å². The predicted octanol–water partition coefficient (Wildman–Crippen LogP) is 3.43. The Labute approximate surface area is 146 Å². The molecule has 2 amide bonds. The van der Waals surface area contributed by atoms with Gasteiger partial charge in [-0.1, -0.05) is 53.4 Å². The molecule has 1 N–H and O–H groups in total. The van der Waals surface area contributed by atoms with Crippen LogP contribution in [0.2, 0.25) is 0 Å². The second kappa shape index (κ2) is 8.21. The Morgan fingerprint density at radius 2 is 1.71 bits per heavy atom. The van der Waals surface area contributed by atoms with Gasteiger partial charge in [-0.05, 0) is 30.1 Å². The van der Waals surface area contributed by atoms with Gasteiger partial charge in [0.25, 0.3) is 0 Å². The molecule has 0 bridgehead atoms. The average molecular weight is 338 g/mol. The maximum atomic E-state index is 13.2. The highest BCUT2D eigenvalue weighted by Crippen LogP contribution is 2.40. The van der Waals surface area contributed by atoms with Crippen LogP contribution in [-0.2, 0) is 9.53 Å². The molecular formula is C19H34N2O3. The molecule has 24 heavy (non-hydrogen) atoms. The molecule has 1 saturated carbocycles. The minimum Gasteiger partial charge on any atom is -0.453 e. The van der Waals surface area contributed by atoms with Crippen molar-refractivity contribution < 1.29 is 14.3 Å². The van der Waals surface area contributed by atoms with E-state index in [2.05, 4.69) is 19.2 Å². The van der Waals surface area contributed by atoms with E-state index in [0.29, 0.717) is 11.8 Å². The normalized spacial score (nSPS) is 26.2. The first-order valence-electron chi connectivity index (χ1n) is 9.50. The number of nitrogens with one attached hydrogen (secondary N) is 1. The van der Waals surface area contributed by atoms with Crippen LogP contribution in [0.4, 0.5) is 4.79 Å². The second-order valence-corrected chi connectivity index (χ2v) is 8.20. The van der Waals surface area contributed by atoms with Crippen molar-refractivity contribution in [2.45, 2.75) is 71.9 Å². The first-order chi connectivity index (χ1) is 11.3. The molecular weight excluding hydrogens is 304 g/mol. The van der Waals surface area contributed by atoms with Gasteiger partial charge < -0.3 is 15.0 Å². The maximum absolute atomic E-state index is 13.2. The van der Waals surface area contributed by atoms with E-state index in [1.54, 1.807) is 0 Å². The number of nitrogens with zero attached hydrogens (tertiary/aromatic N) is 1. The number of carbonyl (C=O) groups excluding carboxylic acids is 2. The van der Waals surface area contributed by atoms with Crippen molar-refractivity contribution in [3.63, 3.8) is 0 Å². The predicted molar refractivity (Wildman–Crippen MR) is 94.6 cm³/mol. The van der Waals surface area contributed by atoms with Gasteiger partial charge in [0.15, 0.2) is 0 Å². The van der Waals surface area contributed by atoms with Gasteiger partial charge in [0, 0.05) is 12.6 Å². The summed E-state index contributed by atoms with van der Waals surface area (Å²) in [5, 5.41) is 2.73. The van der Waals surface area contributed by atoms with Crippen LogP contribution in [0.5, 0.6) is 0 Å². The van der Waals surface area contributed by atoms with Crippen LogP contribution in [0.25, 0.3) is 0 Å². The second-order valence-electron chi connectivity index (χ2n) is 8.20. The zero-order valence-electron chi connectivity index (χ0n) is 15.9. The third-order valence-electron chi connectivity index (χ3n) is 5.89. The van der Waals surface area contributed by atoms with Gasteiger partial charge in [-0.25, -0.2) is 4.79 Å². The topological polar surface area (TPSA) is 58.6 Å². The van der Waals surface area contributed by atoms with Crippen molar-refractivity contribution in [1.82, 2.24) is 10.2 Å². The quantitative estimate of drug-likeness (QED) is 0.835. The number of likely N-dealkylation sites (tertiary alicyclic amines) is 1. The number of amides is 2. The molecule has 3 atom stereocenters. The Balaban J connectivity index is 2.12. The smallest absolute Gasteiger partial charge is 0.407 e. The number of methoxy groups -OCH3 is 1. The molecule has 0 aromatic carbocycles. The van der Waals surface area contributed by atoms with Crippen LogP contribution in [0.3, 0.4) is 0 Å². The summed E-state index contributed by atoms with van der Waals surface area (Å²) in [6, 6.07) is -0.232. The number of ether oxygens (including phenoxy) is 1. The molecule has 0 aromatic heterocycles. The van der Waals surface area contributed by atoms with Crippen LogP contribution >= 0.6 is 0 Å². The lowest BCUT2D eigenvalue weighted by Gasteiger charge is -2.32. The fourth-order valence-corrected chi connectivity index (χ4v) is 4.43. The summed E-state index contributed by atoms with van der Waals surface area (Å²) >= 11 is 0. The summed E-state index contributed by atoms with van der Waals surface area (Å²) in [5.74, 6) is 1.92. The van der Waals surface area contributed by atoms with E-state index < -0.39 is 12.1 Å². The van der Waals surface area contributed by atoms with Gasteiger partial charge in [0.05, 0.1) is 7.11 Å². The monoisotopic (exact) mass is 338 g/mol. The van der Waals surface area contributed by atoms with Crippen molar-refractivity contribution in [3.05, 3.63) is 0 Å². The summed E-state index contributed by atoms with van der Waals surface area (Å²) in [4.78, 5) is 26.8. The highest BCUT2D eigenvalue weighted by molar-refractivity contribution is 5.86. The van der Waals surface area contributed by atoms with Gasteiger partial charge in [0.2, 0.25) is 5.91 Å². The van der Waals surface area contributed by atoms with Crippen LogP contribution in [0, 0.1) is 23.7 Å². The Kier molecular flexibility index (Phi) is 6.53. The molecule has 5 heteroatoms. The van der Waals surface area contributed by atoms with Gasteiger partial charge >= 0.3 is 6.09 Å². The SMILES string of the molecule is COC(=O)N[C@H](C(=O)N1C[C@@H](C2CCCC2)C[C@H]1C(C)C)C(C)C. The molecule has 0 unspecified atom stereocenters. The lowest BCUT2D eigenvalue weighted by molar-refractivity contribution is -0.136. The highest BCUT2D eigenvalue weighted by atomic mass is 16.5. The summed E-state index contributed by atoms with van der Waals surface area (Å²) in [5.41, 5.74) is 0. The zero-order chi connectivity index (χ0) is 17.9. The van der Waals surface area contributed by atoms with Crippen molar-refractivity contribution in [1.29, 1.82) is 0 Å². The molecule has 5 nitrogen and oxygen atoms in total. The standard InChI is InChI=1S/C19H34N2O3/c1-12(2)16-10-15(14-8-6-7-9-14)11-21(16)18(22)17(13(3)4)20-19(23)24-5/h12-17H,6-11H2,1-5H3,(H,20,23)/t15-,16-,17-/m0/s1. The van der Waals surface area contributed by atoms with Gasteiger partial charge in [-0.15, -0.1) is 0 Å². The maximum Gasteiger partial charge on any atom is 0.407 e. The van der Waals surface area contributed by atoms with E-state index in [1.807, 2.05) is 18.7 Å². The Bertz CT molecular complexity index is 444. The van der Waals surface area contributed by atoms with Crippen molar-refractivity contribution in [2.24, 2.45) is 23.7 Å². The molecule has 2 rings (SSSR count). The molecule has 0 aromatic rings. The molecule has 0 radical (unpaired) electrons. The molecule has 1 heterocycles. The lowest BCUT2D eigenvalue weighted by atomic mass is 9.87. The van der Waals surface area contributed by atoms with Crippen molar-refractivity contribution >= 4 is 12.0 Å². The van der Waals surface area contributed by atoms with Gasteiger partial charge in [-0.3, -0.25) is 4.79 Å². The Morgan fingerprint density at radius 3 is 2.21 bits per heavy atom. The van der Waals surface area contributed by atoms with E-state index in [-0.39, 0.29) is 17.9 Å². The Morgan fingerprint density at radius 1 is 1.08 bits per heavy atom. The average Bonchev–Trinajstić information content (AvgIpc) is 3.19. The molecule has 1 saturated heterocycles. The van der Waals surface area contributed by atoms with E-state index in [4.69, 9.17) is 4.74 Å². The van der Waals surface area contributed by atoms with E-state index in [1.165, 1.54) is 32.8 Å². The molecule has 1 aliphatic carbocycles. The number of alkyl carbamates (subject to hydrolysis) is 1. The lowest BCUT2D eigenvalue weighted by Crippen LogP contribution is -2.53. The summed E-state index contributed by atoms with van der Waals surface area (Å²) in [6.07, 6.45) is 5.86. The Hall–Kier alpha value is -1.26. The van der Waals surface area contributed by atoms with Crippen molar-refractivity contribution in [3.8, 4) is 0 Å². The van der Waals surface area contributed by atoms with Gasteiger partial charge in [-0.2, -0.15) is 0 Å². The molecule has 1 aliphatic heterocycles. The van der Waals surface area contributed by atoms with E-state index in [0.717, 1.165) is 18.9 Å². The van der Waals surface area contributed by atoms with Crippen LogP contribution in [0.15, 0.2) is 0 Å². The molecule has 2 fully saturated rings. The number of rotatable bonds is 5. The number of carbonyl (C=O) groups is 2. The molecule has 0 spiro atoms. The minimum atomic E-state index is -0.533. The highest BCUT2D eigenvalue weighted by Gasteiger charge is 2.43. The largest absolute Gasteiger partial charge is 0.453 e. The van der Waals surface area contributed by atoms with Gasteiger partial charge in [0.1, 0.15) is 6.04 Å². The number of hydrogen-bond acceptors (Lipinski definition) is 3. The molecule has 2 aliphatic rings. The minimum absolute atomic E-state index is 0.0370. The third-order valence-corrected chi connectivity index (χ3v) is 5.89. The zero-order valence-corrected chi connectivity index (χ0v) is 15.9. The van der Waals surface area contributed by atoms with E-state index in [9.17, 15) is 9.59 Å². The first kappa shape index (κ1) is 19.1. The summed E-state index contributed by atoms with van der Waals surface area (Å²) < 4.78 is 4.70. The van der Waals surface area contributed by atoms with Crippen molar-refractivity contribution in [2.75, 3.05) is 13.7 Å². The summed E-state index contributed by atoms with van der Waals surface area (Å²) in [6.45, 7) is 9.17. The molecule has 138 valence electrons. The fraction of sp³-hybridized carbons (Fsp3) is 0.895. The fourth-order valence-electron chi connectivity index (χ4n) is 4.43. The third kappa shape index (κ3) is 4.22. The van der Waals surface area contributed by atoms with Crippen LogP contribution in [-0.4, -0.2) is 42.6 Å². The van der Waals surface area contributed by atoms with Crippen LogP contribution < -0.4 is 5.32 Å². The number of hydrogen-bond donors (Lipinski definition) is 1. The first-order valence-corrected chi connectivity index (χ1v) is 9.50. The summed E-state index contributed by atoms with van der Waals surface area (Å²) in [7, 11) is 1.33.